The van der Waals surface area contributed by atoms with Crippen LogP contribution in [0.1, 0.15) is 5.56 Å². The summed E-state index contributed by atoms with van der Waals surface area (Å²) in [4.78, 5) is 0. The number of alkyl halides is 2. The van der Waals surface area contributed by atoms with Gasteiger partial charge < -0.3 is 4.74 Å². The fourth-order valence-electron chi connectivity index (χ4n) is 0.726. The number of hydrogen-bond acceptors (Lipinski definition) is 1. The van der Waals surface area contributed by atoms with Gasteiger partial charge in [-0.2, -0.15) is 0 Å². The maximum Gasteiger partial charge on any atom is 0.228 e. The van der Waals surface area contributed by atoms with Gasteiger partial charge in [0, 0.05) is 6.07 Å². The second kappa shape index (κ2) is 6.34. The van der Waals surface area contributed by atoms with Crippen LogP contribution in [-0.2, 0) is 0 Å². The van der Waals surface area contributed by atoms with E-state index >= 15 is 0 Å². The molecule has 1 rings (SSSR count). The first-order valence-corrected chi connectivity index (χ1v) is 3.57. The Kier molecular flexibility index (Phi) is 5.76. The van der Waals surface area contributed by atoms with Gasteiger partial charge in [-0.25, -0.2) is 8.78 Å². The summed E-state index contributed by atoms with van der Waals surface area (Å²) < 4.78 is 38.2. The zero-order valence-electron chi connectivity index (χ0n) is 7.48. The molecule has 74 valence electrons. The topological polar surface area (TPSA) is 9.23 Å². The Labute approximate surface area is 75.1 Å². The van der Waals surface area contributed by atoms with Gasteiger partial charge in [0.2, 0.25) is 6.86 Å². The zero-order chi connectivity index (χ0) is 10.3. The number of hydrogen-bond donors (Lipinski definition) is 0. The van der Waals surface area contributed by atoms with Crippen molar-refractivity contribution in [2.75, 3.05) is 14.0 Å². The predicted molar refractivity (Wildman–Crippen MR) is 44.8 cm³/mol. The summed E-state index contributed by atoms with van der Waals surface area (Å²) in [6.45, 7) is 0.705. The Balaban J connectivity index is 0.000000671. The van der Waals surface area contributed by atoms with Gasteiger partial charge in [0.1, 0.15) is 11.6 Å². The molecular weight excluding hydrogens is 181 g/mol. The number of ether oxygens (including phenoxy) is 1. The van der Waals surface area contributed by atoms with Crippen LogP contribution in [0.2, 0.25) is 0 Å². The standard InChI is InChI=1S/C8H8F2O.CH3F/c1-6-2-3-7(11-5-9)4-8(6)10;1-2/h2-4H,5H2,1H3;1H3. The maximum absolute atomic E-state index is 12.7. The van der Waals surface area contributed by atoms with E-state index in [0.717, 1.165) is 6.07 Å². The van der Waals surface area contributed by atoms with Crippen LogP contribution in [0.15, 0.2) is 18.2 Å². The highest BCUT2D eigenvalue weighted by molar-refractivity contribution is 5.27. The number of benzene rings is 1. The molecule has 1 nitrogen and oxygen atoms in total. The molecule has 0 heterocycles. The molecule has 0 aromatic heterocycles. The molecule has 0 aliphatic rings. The van der Waals surface area contributed by atoms with Gasteiger partial charge in [0.25, 0.3) is 0 Å². The van der Waals surface area contributed by atoms with Gasteiger partial charge in [-0.05, 0) is 18.6 Å². The lowest BCUT2D eigenvalue weighted by atomic mass is 10.2. The maximum atomic E-state index is 12.7. The van der Waals surface area contributed by atoms with Gasteiger partial charge in [-0.1, -0.05) is 6.07 Å². The second-order valence-corrected chi connectivity index (χ2v) is 2.16. The monoisotopic (exact) mass is 192 g/mol. The van der Waals surface area contributed by atoms with Gasteiger partial charge in [-0.15, -0.1) is 0 Å². The number of aryl methyl sites for hydroxylation is 1. The molecule has 0 spiro atoms. The Morgan fingerprint density at radius 1 is 1.31 bits per heavy atom. The van der Waals surface area contributed by atoms with Crippen molar-refractivity contribution >= 4 is 0 Å². The summed E-state index contributed by atoms with van der Waals surface area (Å²) in [7, 11) is 0.500. The molecule has 0 unspecified atom stereocenters. The summed E-state index contributed by atoms with van der Waals surface area (Å²) in [5.74, 6) is -0.161. The fraction of sp³-hybridized carbons (Fsp3) is 0.333. The van der Waals surface area contributed by atoms with Crippen molar-refractivity contribution in [3.05, 3.63) is 29.6 Å². The lowest BCUT2D eigenvalue weighted by Gasteiger charge is -2.01. The Hall–Kier alpha value is -1.19. The molecule has 0 fully saturated rings. The molecule has 13 heavy (non-hydrogen) atoms. The van der Waals surface area contributed by atoms with E-state index < -0.39 is 6.86 Å². The smallest absolute Gasteiger partial charge is 0.228 e. The van der Waals surface area contributed by atoms with E-state index in [1.54, 1.807) is 13.0 Å². The molecule has 1 aromatic rings. The van der Waals surface area contributed by atoms with Crippen molar-refractivity contribution in [3.63, 3.8) is 0 Å². The van der Waals surface area contributed by atoms with Crippen LogP contribution in [0.4, 0.5) is 13.2 Å². The van der Waals surface area contributed by atoms with E-state index in [1.165, 1.54) is 6.07 Å². The normalized spacial score (nSPS) is 8.69. The second-order valence-electron chi connectivity index (χ2n) is 2.16. The molecule has 0 bridgehead atoms. The van der Waals surface area contributed by atoms with Gasteiger partial charge in [0.05, 0.1) is 7.18 Å². The first kappa shape index (κ1) is 11.8. The van der Waals surface area contributed by atoms with Crippen molar-refractivity contribution in [3.8, 4) is 5.75 Å². The molecule has 1 aromatic carbocycles. The Bertz CT molecular complexity index is 251. The Morgan fingerprint density at radius 3 is 2.38 bits per heavy atom. The van der Waals surface area contributed by atoms with Gasteiger partial charge >= 0.3 is 0 Å². The highest BCUT2D eigenvalue weighted by Crippen LogP contribution is 2.15. The first-order valence-electron chi connectivity index (χ1n) is 3.57. The van der Waals surface area contributed by atoms with Crippen LogP contribution < -0.4 is 4.74 Å². The molecule has 4 heteroatoms. The van der Waals surface area contributed by atoms with E-state index in [2.05, 4.69) is 4.74 Å². The average molecular weight is 192 g/mol. The largest absolute Gasteiger partial charge is 0.463 e. The summed E-state index contributed by atoms with van der Waals surface area (Å²) in [6.07, 6.45) is 0. The molecule has 0 atom stereocenters. The fourth-order valence-corrected chi connectivity index (χ4v) is 0.726. The summed E-state index contributed by atoms with van der Waals surface area (Å²) in [6, 6.07) is 4.23. The van der Waals surface area contributed by atoms with Gasteiger partial charge in [-0.3, -0.25) is 4.39 Å². The minimum atomic E-state index is -0.928. The molecular formula is C9H11F3O. The van der Waals surface area contributed by atoms with Crippen LogP contribution in [-0.4, -0.2) is 14.0 Å². The molecule has 0 radical (unpaired) electrons. The molecule has 0 aliphatic carbocycles. The van der Waals surface area contributed by atoms with Crippen molar-refractivity contribution in [1.82, 2.24) is 0 Å². The van der Waals surface area contributed by atoms with E-state index in [-0.39, 0.29) is 11.6 Å². The number of rotatable bonds is 2. The highest BCUT2D eigenvalue weighted by atomic mass is 19.1. The minimum Gasteiger partial charge on any atom is -0.463 e. The zero-order valence-corrected chi connectivity index (χ0v) is 7.48. The summed E-state index contributed by atoms with van der Waals surface area (Å²) >= 11 is 0. The van der Waals surface area contributed by atoms with Crippen LogP contribution in [0, 0.1) is 12.7 Å². The Morgan fingerprint density at radius 2 is 1.92 bits per heavy atom. The summed E-state index contributed by atoms with van der Waals surface area (Å²) in [5.41, 5.74) is 0.524. The average Bonchev–Trinajstić information content (AvgIpc) is 2.15. The molecule has 0 saturated carbocycles. The SMILES string of the molecule is CF.Cc1ccc(OCF)cc1F. The summed E-state index contributed by atoms with van der Waals surface area (Å²) in [5, 5.41) is 0. The van der Waals surface area contributed by atoms with Crippen LogP contribution in [0.5, 0.6) is 5.75 Å². The third-order valence-corrected chi connectivity index (χ3v) is 1.36. The molecule has 0 saturated heterocycles. The van der Waals surface area contributed by atoms with E-state index in [9.17, 15) is 13.2 Å². The predicted octanol–water partition coefficient (Wildman–Crippen LogP) is 3.03. The van der Waals surface area contributed by atoms with Crippen molar-refractivity contribution in [1.29, 1.82) is 0 Å². The molecule has 0 aliphatic heterocycles. The molecule has 0 amide bonds. The van der Waals surface area contributed by atoms with Crippen LogP contribution in [0.25, 0.3) is 0 Å². The highest BCUT2D eigenvalue weighted by Gasteiger charge is 1.98. The van der Waals surface area contributed by atoms with E-state index in [1.807, 2.05) is 0 Å². The lowest BCUT2D eigenvalue weighted by Crippen LogP contribution is -1.91. The van der Waals surface area contributed by atoms with E-state index in [0.29, 0.717) is 12.7 Å². The quantitative estimate of drug-likeness (QED) is 0.699. The first-order chi connectivity index (χ1) is 6.24. The van der Waals surface area contributed by atoms with Gasteiger partial charge in [0.15, 0.2) is 0 Å². The van der Waals surface area contributed by atoms with E-state index in [4.69, 9.17) is 0 Å². The van der Waals surface area contributed by atoms with Crippen molar-refractivity contribution in [2.45, 2.75) is 6.92 Å². The van der Waals surface area contributed by atoms with Crippen molar-refractivity contribution in [2.24, 2.45) is 0 Å². The third-order valence-electron chi connectivity index (χ3n) is 1.36. The van der Waals surface area contributed by atoms with Crippen LogP contribution in [0.3, 0.4) is 0 Å². The third kappa shape index (κ3) is 3.83. The van der Waals surface area contributed by atoms with Crippen molar-refractivity contribution < 1.29 is 17.9 Å². The lowest BCUT2D eigenvalue weighted by molar-refractivity contribution is 0.191. The minimum absolute atomic E-state index is 0.218. The number of halogens is 3. The molecule has 0 N–H and O–H groups in total. The van der Waals surface area contributed by atoms with Crippen LogP contribution >= 0.6 is 0 Å².